The van der Waals surface area contributed by atoms with Crippen molar-refractivity contribution in [1.82, 2.24) is 9.78 Å². The van der Waals surface area contributed by atoms with Gasteiger partial charge in [-0.25, -0.2) is 9.07 Å². The number of rotatable bonds is 2. The molecule has 2 aromatic rings. The second kappa shape index (κ2) is 4.50. The smallest absolute Gasteiger partial charge is 0.269 e. The Balaban J connectivity index is 2.16. The first-order valence-electron chi connectivity index (χ1n) is 6.33. The predicted molar refractivity (Wildman–Crippen MR) is 68.7 cm³/mol. The van der Waals surface area contributed by atoms with Gasteiger partial charge in [-0.05, 0) is 49.9 Å². The number of carbonyl (C=O) groups is 1. The first-order chi connectivity index (χ1) is 9.16. The molecule has 0 bridgehead atoms. The van der Waals surface area contributed by atoms with Crippen molar-refractivity contribution in [2.24, 2.45) is 5.73 Å². The molecule has 1 aromatic carbocycles. The van der Waals surface area contributed by atoms with E-state index in [2.05, 4.69) is 5.10 Å². The van der Waals surface area contributed by atoms with E-state index in [9.17, 15) is 9.18 Å². The van der Waals surface area contributed by atoms with Gasteiger partial charge in [-0.15, -0.1) is 0 Å². The van der Waals surface area contributed by atoms with Gasteiger partial charge in [0.2, 0.25) is 0 Å². The molecule has 1 amide bonds. The minimum absolute atomic E-state index is 0.292. The van der Waals surface area contributed by atoms with Crippen LogP contribution in [0.4, 0.5) is 4.39 Å². The monoisotopic (exact) mass is 259 g/mol. The van der Waals surface area contributed by atoms with Gasteiger partial charge in [-0.3, -0.25) is 4.79 Å². The second-order valence-corrected chi connectivity index (χ2v) is 4.73. The number of halogens is 1. The summed E-state index contributed by atoms with van der Waals surface area (Å²) < 4.78 is 14.7. The lowest BCUT2D eigenvalue weighted by Crippen LogP contribution is -2.15. The van der Waals surface area contributed by atoms with Gasteiger partial charge < -0.3 is 5.73 Å². The fraction of sp³-hybridized carbons (Fsp3) is 0.286. The number of hydrogen-bond acceptors (Lipinski definition) is 2. The van der Waals surface area contributed by atoms with Crippen LogP contribution >= 0.6 is 0 Å². The predicted octanol–water partition coefficient (Wildman–Crippen LogP) is 1.99. The van der Waals surface area contributed by atoms with Crippen LogP contribution in [0.15, 0.2) is 24.3 Å². The molecule has 0 saturated heterocycles. The lowest BCUT2D eigenvalue weighted by Gasteiger charge is -2.13. The van der Waals surface area contributed by atoms with E-state index in [1.165, 1.54) is 12.1 Å². The van der Waals surface area contributed by atoms with Crippen molar-refractivity contribution < 1.29 is 9.18 Å². The van der Waals surface area contributed by atoms with E-state index in [1.54, 1.807) is 16.8 Å². The summed E-state index contributed by atoms with van der Waals surface area (Å²) in [6.45, 7) is 0. The van der Waals surface area contributed by atoms with Crippen molar-refractivity contribution in [2.45, 2.75) is 25.7 Å². The van der Waals surface area contributed by atoms with Crippen molar-refractivity contribution in [2.75, 3.05) is 0 Å². The highest BCUT2D eigenvalue weighted by molar-refractivity contribution is 5.92. The quantitative estimate of drug-likeness (QED) is 0.896. The van der Waals surface area contributed by atoms with Crippen LogP contribution in [0, 0.1) is 5.82 Å². The third kappa shape index (κ3) is 2.01. The van der Waals surface area contributed by atoms with E-state index in [0.717, 1.165) is 42.6 Å². The van der Waals surface area contributed by atoms with Crippen LogP contribution in [-0.2, 0) is 12.8 Å². The largest absolute Gasteiger partial charge is 0.364 e. The maximum atomic E-state index is 13.0. The standard InChI is InChI=1S/C14H14FN3O/c15-9-5-7-10(8-6-9)18-12-4-2-1-3-11(12)13(17-18)14(16)19/h5-8H,1-4H2,(H2,16,19). The normalized spacial score (nSPS) is 14.2. The lowest BCUT2D eigenvalue weighted by molar-refractivity contribution is 0.0994. The third-order valence-corrected chi connectivity index (χ3v) is 3.48. The molecule has 1 aliphatic rings. The average Bonchev–Trinajstić information content (AvgIpc) is 2.79. The zero-order valence-electron chi connectivity index (χ0n) is 10.4. The molecular weight excluding hydrogens is 245 g/mol. The highest BCUT2D eigenvalue weighted by atomic mass is 19.1. The highest BCUT2D eigenvalue weighted by Gasteiger charge is 2.24. The number of primary amides is 1. The molecule has 98 valence electrons. The summed E-state index contributed by atoms with van der Waals surface area (Å²) in [4.78, 5) is 11.5. The molecule has 0 atom stereocenters. The number of benzene rings is 1. The molecule has 1 aromatic heterocycles. The van der Waals surface area contributed by atoms with Gasteiger partial charge in [0.15, 0.2) is 5.69 Å². The molecule has 0 radical (unpaired) electrons. The van der Waals surface area contributed by atoms with Crippen molar-refractivity contribution in [3.63, 3.8) is 0 Å². The molecule has 5 heteroatoms. The first-order valence-corrected chi connectivity index (χ1v) is 6.33. The number of aromatic nitrogens is 2. The summed E-state index contributed by atoms with van der Waals surface area (Å²) in [6.07, 6.45) is 3.81. The van der Waals surface area contributed by atoms with E-state index in [1.807, 2.05) is 0 Å². The molecule has 0 saturated carbocycles. The van der Waals surface area contributed by atoms with E-state index in [4.69, 9.17) is 5.73 Å². The molecule has 1 aliphatic carbocycles. The minimum Gasteiger partial charge on any atom is -0.364 e. The van der Waals surface area contributed by atoms with Crippen LogP contribution in [0.1, 0.15) is 34.6 Å². The van der Waals surface area contributed by atoms with Crippen LogP contribution in [0.2, 0.25) is 0 Å². The van der Waals surface area contributed by atoms with Gasteiger partial charge in [0, 0.05) is 11.3 Å². The fourth-order valence-electron chi connectivity index (χ4n) is 2.59. The Kier molecular flexibility index (Phi) is 2.81. The van der Waals surface area contributed by atoms with Crippen molar-refractivity contribution in [1.29, 1.82) is 0 Å². The Labute approximate surface area is 110 Å². The van der Waals surface area contributed by atoms with Crippen molar-refractivity contribution in [3.8, 4) is 5.69 Å². The van der Waals surface area contributed by atoms with Crippen molar-refractivity contribution in [3.05, 3.63) is 47.0 Å². The zero-order chi connectivity index (χ0) is 13.4. The SMILES string of the molecule is NC(=O)c1nn(-c2ccc(F)cc2)c2c1CCCC2. The summed E-state index contributed by atoms with van der Waals surface area (Å²) in [5.74, 6) is -0.793. The summed E-state index contributed by atoms with van der Waals surface area (Å²) in [5, 5.41) is 4.31. The molecule has 2 N–H and O–H groups in total. The van der Waals surface area contributed by atoms with Gasteiger partial charge >= 0.3 is 0 Å². The first kappa shape index (κ1) is 11.9. The lowest BCUT2D eigenvalue weighted by atomic mass is 9.95. The number of nitrogens with two attached hydrogens (primary N) is 1. The summed E-state index contributed by atoms with van der Waals surface area (Å²) >= 11 is 0. The molecule has 0 aliphatic heterocycles. The van der Waals surface area contributed by atoms with Crippen LogP contribution in [-0.4, -0.2) is 15.7 Å². The van der Waals surface area contributed by atoms with Crippen LogP contribution in [0.25, 0.3) is 5.69 Å². The molecule has 1 heterocycles. The van der Waals surface area contributed by atoms with Crippen molar-refractivity contribution >= 4 is 5.91 Å². The van der Waals surface area contributed by atoms with Crippen LogP contribution in [0.3, 0.4) is 0 Å². The third-order valence-electron chi connectivity index (χ3n) is 3.48. The minimum atomic E-state index is -0.501. The summed E-state index contributed by atoms with van der Waals surface area (Å²) in [7, 11) is 0. The topological polar surface area (TPSA) is 60.9 Å². The van der Waals surface area contributed by atoms with E-state index in [0.29, 0.717) is 5.69 Å². The number of nitrogens with zero attached hydrogens (tertiary/aromatic N) is 2. The molecule has 4 nitrogen and oxygen atoms in total. The van der Waals surface area contributed by atoms with E-state index < -0.39 is 5.91 Å². The Morgan fingerprint density at radius 3 is 2.58 bits per heavy atom. The molecule has 0 spiro atoms. The fourth-order valence-corrected chi connectivity index (χ4v) is 2.59. The Morgan fingerprint density at radius 2 is 1.89 bits per heavy atom. The Morgan fingerprint density at radius 1 is 1.21 bits per heavy atom. The van der Waals surface area contributed by atoms with Gasteiger partial charge in [-0.2, -0.15) is 5.10 Å². The summed E-state index contributed by atoms with van der Waals surface area (Å²) in [5.41, 5.74) is 8.45. The van der Waals surface area contributed by atoms with Gasteiger partial charge in [0.25, 0.3) is 5.91 Å². The van der Waals surface area contributed by atoms with E-state index in [-0.39, 0.29) is 5.82 Å². The average molecular weight is 259 g/mol. The van der Waals surface area contributed by atoms with E-state index >= 15 is 0 Å². The van der Waals surface area contributed by atoms with Gasteiger partial charge in [0.05, 0.1) is 5.69 Å². The van der Waals surface area contributed by atoms with Gasteiger partial charge in [0.1, 0.15) is 5.82 Å². The van der Waals surface area contributed by atoms with Gasteiger partial charge in [-0.1, -0.05) is 0 Å². The van der Waals surface area contributed by atoms with Crippen LogP contribution < -0.4 is 5.73 Å². The Hall–Kier alpha value is -2.17. The molecule has 0 fully saturated rings. The number of fused-ring (bicyclic) bond motifs is 1. The summed E-state index contributed by atoms with van der Waals surface area (Å²) in [6, 6.07) is 6.08. The van der Waals surface area contributed by atoms with Crippen LogP contribution in [0.5, 0.6) is 0 Å². The molecule has 3 rings (SSSR count). The maximum Gasteiger partial charge on any atom is 0.269 e. The zero-order valence-corrected chi connectivity index (χ0v) is 10.4. The second-order valence-electron chi connectivity index (χ2n) is 4.73. The Bertz CT molecular complexity index is 631. The molecule has 19 heavy (non-hydrogen) atoms. The number of hydrogen-bond donors (Lipinski definition) is 1. The maximum absolute atomic E-state index is 13.0. The molecule has 0 unspecified atom stereocenters. The molecular formula is C14H14FN3O. The highest BCUT2D eigenvalue weighted by Crippen LogP contribution is 2.26. The number of carbonyl (C=O) groups excluding carboxylic acids is 1. The number of amides is 1.